The molecule has 0 rings (SSSR count). The predicted octanol–water partition coefficient (Wildman–Crippen LogP) is -1.24. The maximum Gasteiger partial charge on any atom is 0.524 e. The molecule has 0 saturated heterocycles. The van der Waals surface area contributed by atoms with E-state index in [1.807, 2.05) is 0 Å². The summed E-state index contributed by atoms with van der Waals surface area (Å²) in [5.41, 5.74) is 0. The van der Waals surface area contributed by atoms with Crippen molar-refractivity contribution in [1.29, 1.82) is 0 Å². The number of aliphatic hydroxyl groups is 1. The van der Waals surface area contributed by atoms with Crippen LogP contribution in [0.25, 0.3) is 0 Å². The number of ether oxygens (including phenoxy) is 1. The molecule has 6 heteroatoms. The second-order valence-electron chi connectivity index (χ2n) is 1.90. The van der Waals surface area contributed by atoms with Crippen molar-refractivity contribution < 1.29 is 23.5 Å². The Labute approximate surface area is 66.9 Å². The normalized spacial score (nSPS) is 12.0. The predicted molar refractivity (Wildman–Crippen MR) is 39.9 cm³/mol. The molecule has 0 unspecified atom stereocenters. The number of aliphatic hydroxyl groups excluding tert-OH is 1. The molecule has 0 heterocycles. The van der Waals surface area contributed by atoms with Crippen LogP contribution in [0.2, 0.25) is 0 Å². The maximum absolute atomic E-state index is 9.34. The van der Waals surface area contributed by atoms with E-state index in [-0.39, 0.29) is 19.4 Å². The van der Waals surface area contributed by atoms with Crippen molar-refractivity contribution in [3.05, 3.63) is 0 Å². The zero-order chi connectivity index (χ0) is 8.74. The first-order valence-corrected chi connectivity index (χ1v) is 5.17. The van der Waals surface area contributed by atoms with Gasteiger partial charge in [0.2, 0.25) is 0 Å². The summed E-state index contributed by atoms with van der Waals surface area (Å²) >= 11 is 0. The standard InChI is InChI=1S/C5H14O5Si/c1-8-11(7,9-2)5-10-4-3-6/h6-7H,3-5H2,1-2H3. The molecular formula is C5H14O5Si. The largest absolute Gasteiger partial charge is 0.524 e. The second kappa shape index (κ2) is 5.64. The second-order valence-corrected chi connectivity index (χ2v) is 4.43. The van der Waals surface area contributed by atoms with Crippen LogP contribution < -0.4 is 0 Å². The first-order valence-electron chi connectivity index (χ1n) is 3.20. The van der Waals surface area contributed by atoms with E-state index in [2.05, 4.69) is 0 Å². The highest BCUT2D eigenvalue weighted by atomic mass is 28.4. The van der Waals surface area contributed by atoms with Crippen LogP contribution in [0.4, 0.5) is 0 Å². The van der Waals surface area contributed by atoms with Crippen molar-refractivity contribution in [2.45, 2.75) is 0 Å². The Bertz CT molecular complexity index is 94.9. The summed E-state index contributed by atoms with van der Waals surface area (Å²) in [5, 5.41) is 8.34. The fraction of sp³-hybridized carbons (Fsp3) is 1.00. The lowest BCUT2D eigenvalue weighted by atomic mass is 10.8. The van der Waals surface area contributed by atoms with E-state index in [1.54, 1.807) is 0 Å². The summed E-state index contributed by atoms with van der Waals surface area (Å²) in [7, 11) is -0.350. The highest BCUT2D eigenvalue weighted by Crippen LogP contribution is 1.99. The van der Waals surface area contributed by atoms with E-state index in [9.17, 15) is 4.80 Å². The Balaban J connectivity index is 3.51. The zero-order valence-corrected chi connectivity index (χ0v) is 7.74. The lowest BCUT2D eigenvalue weighted by Gasteiger charge is -2.18. The minimum Gasteiger partial charge on any atom is -0.394 e. The molecular weight excluding hydrogens is 168 g/mol. The van der Waals surface area contributed by atoms with E-state index >= 15 is 0 Å². The van der Waals surface area contributed by atoms with E-state index in [4.69, 9.17) is 18.7 Å². The van der Waals surface area contributed by atoms with Gasteiger partial charge in [0.1, 0.15) is 6.23 Å². The van der Waals surface area contributed by atoms with Gasteiger partial charge in [-0.2, -0.15) is 0 Å². The lowest BCUT2D eigenvalue weighted by Crippen LogP contribution is -2.46. The zero-order valence-electron chi connectivity index (χ0n) is 6.74. The highest BCUT2D eigenvalue weighted by molar-refractivity contribution is 6.59. The minimum absolute atomic E-state index is 0.0144. The molecule has 0 amide bonds. The first-order chi connectivity index (χ1) is 5.18. The van der Waals surface area contributed by atoms with Crippen LogP contribution in [-0.4, -0.2) is 52.4 Å². The molecule has 11 heavy (non-hydrogen) atoms. The van der Waals surface area contributed by atoms with Crippen molar-refractivity contribution >= 4 is 8.80 Å². The van der Waals surface area contributed by atoms with Gasteiger partial charge in [-0.15, -0.1) is 0 Å². The number of hydrogen-bond donors (Lipinski definition) is 2. The summed E-state index contributed by atoms with van der Waals surface area (Å²) in [6, 6.07) is 0. The maximum atomic E-state index is 9.34. The smallest absolute Gasteiger partial charge is 0.394 e. The Morgan fingerprint density at radius 3 is 2.18 bits per heavy atom. The summed E-state index contributed by atoms with van der Waals surface area (Å²) in [5.74, 6) is 0. The third-order valence-corrected chi connectivity index (χ3v) is 3.00. The van der Waals surface area contributed by atoms with Gasteiger partial charge in [0, 0.05) is 14.2 Å². The molecule has 5 nitrogen and oxygen atoms in total. The van der Waals surface area contributed by atoms with E-state index < -0.39 is 8.80 Å². The summed E-state index contributed by atoms with van der Waals surface area (Å²) < 4.78 is 14.2. The van der Waals surface area contributed by atoms with Gasteiger partial charge in [-0.25, -0.2) is 0 Å². The topological polar surface area (TPSA) is 68.2 Å². The van der Waals surface area contributed by atoms with Gasteiger partial charge < -0.3 is 23.5 Å². The SMILES string of the molecule is CO[Si](O)(COCCO)OC. The molecule has 68 valence electrons. The molecule has 0 spiro atoms. The first kappa shape index (κ1) is 11.0. The van der Waals surface area contributed by atoms with Gasteiger partial charge in [0.05, 0.1) is 13.2 Å². The minimum atomic E-state index is -3.07. The van der Waals surface area contributed by atoms with Crippen LogP contribution in [0.3, 0.4) is 0 Å². The van der Waals surface area contributed by atoms with Gasteiger partial charge in [-0.3, -0.25) is 0 Å². The van der Waals surface area contributed by atoms with Crippen LogP contribution in [0.1, 0.15) is 0 Å². The third kappa shape index (κ3) is 4.46. The van der Waals surface area contributed by atoms with Crippen LogP contribution in [0, 0.1) is 0 Å². The Kier molecular flexibility index (Phi) is 5.65. The highest BCUT2D eigenvalue weighted by Gasteiger charge is 2.34. The van der Waals surface area contributed by atoms with E-state index in [0.717, 1.165) is 0 Å². The average molecular weight is 182 g/mol. The Morgan fingerprint density at radius 1 is 1.27 bits per heavy atom. The van der Waals surface area contributed by atoms with Crippen molar-refractivity contribution in [3.63, 3.8) is 0 Å². The van der Waals surface area contributed by atoms with Gasteiger partial charge in [0.25, 0.3) is 0 Å². The molecule has 0 aromatic heterocycles. The van der Waals surface area contributed by atoms with Crippen molar-refractivity contribution in [3.8, 4) is 0 Å². The Morgan fingerprint density at radius 2 is 1.82 bits per heavy atom. The van der Waals surface area contributed by atoms with E-state index in [0.29, 0.717) is 0 Å². The van der Waals surface area contributed by atoms with Crippen LogP contribution in [0.15, 0.2) is 0 Å². The molecule has 0 saturated carbocycles. The third-order valence-electron chi connectivity index (χ3n) is 1.16. The summed E-state index contributed by atoms with van der Waals surface area (Å²) in [4.78, 5) is 9.34. The van der Waals surface area contributed by atoms with Crippen LogP contribution in [-0.2, 0) is 13.6 Å². The van der Waals surface area contributed by atoms with Crippen molar-refractivity contribution in [2.75, 3.05) is 33.7 Å². The molecule has 0 radical (unpaired) electrons. The fourth-order valence-corrected chi connectivity index (χ4v) is 1.27. The van der Waals surface area contributed by atoms with Crippen LogP contribution in [0.5, 0.6) is 0 Å². The fourth-order valence-electron chi connectivity index (χ4n) is 0.467. The van der Waals surface area contributed by atoms with Gasteiger partial charge in [-0.1, -0.05) is 0 Å². The van der Waals surface area contributed by atoms with Gasteiger partial charge in [-0.05, 0) is 0 Å². The van der Waals surface area contributed by atoms with Crippen LogP contribution >= 0.6 is 0 Å². The number of hydrogen-bond acceptors (Lipinski definition) is 5. The molecule has 0 atom stereocenters. The molecule has 0 fully saturated rings. The summed E-state index contributed by atoms with van der Waals surface area (Å²) in [6.07, 6.45) is 0.0144. The molecule has 0 aromatic rings. The molecule has 0 aliphatic rings. The van der Waals surface area contributed by atoms with Gasteiger partial charge in [0.15, 0.2) is 0 Å². The molecule has 2 N–H and O–H groups in total. The quantitative estimate of drug-likeness (QED) is 0.397. The lowest BCUT2D eigenvalue weighted by molar-refractivity contribution is 0.0614. The summed E-state index contributed by atoms with van der Waals surface area (Å²) in [6.45, 7) is 0.111. The molecule has 0 aliphatic heterocycles. The average Bonchev–Trinajstić information content (AvgIpc) is 2.05. The van der Waals surface area contributed by atoms with Gasteiger partial charge >= 0.3 is 8.80 Å². The molecule has 0 bridgehead atoms. The van der Waals surface area contributed by atoms with Crippen molar-refractivity contribution in [1.82, 2.24) is 0 Å². The monoisotopic (exact) mass is 182 g/mol. The Hall–Kier alpha value is 0.0169. The molecule has 0 aromatic carbocycles. The van der Waals surface area contributed by atoms with E-state index in [1.165, 1.54) is 14.2 Å². The van der Waals surface area contributed by atoms with Crippen molar-refractivity contribution in [2.24, 2.45) is 0 Å². The number of rotatable bonds is 6. The molecule has 0 aliphatic carbocycles.